The molecule has 0 aliphatic rings. The third-order valence-corrected chi connectivity index (χ3v) is 4.68. The van der Waals surface area contributed by atoms with Crippen molar-refractivity contribution >= 4 is 45.5 Å². The summed E-state index contributed by atoms with van der Waals surface area (Å²) < 4.78 is 1.24. The van der Waals surface area contributed by atoms with Gasteiger partial charge in [-0.25, -0.2) is 0 Å². The second-order valence-electron chi connectivity index (χ2n) is 3.98. The van der Waals surface area contributed by atoms with Gasteiger partial charge in [-0.15, -0.1) is 11.3 Å². The Morgan fingerprint density at radius 3 is 2.83 bits per heavy atom. The highest BCUT2D eigenvalue weighted by atomic mass is 127. The molecular weight excluding hydrogens is 359 g/mol. The molecule has 18 heavy (non-hydrogen) atoms. The lowest BCUT2D eigenvalue weighted by Gasteiger charge is -2.06. The molecule has 0 saturated carbocycles. The molecule has 0 saturated heterocycles. The SMILES string of the molecule is Cc1ccc(NCc2cc(C(N)=O)cs2)cc1I. The minimum absolute atomic E-state index is 0.373. The molecule has 5 heteroatoms. The largest absolute Gasteiger partial charge is 0.380 e. The van der Waals surface area contributed by atoms with Crippen LogP contribution in [0.3, 0.4) is 0 Å². The Bertz CT molecular complexity index is 580. The molecule has 0 unspecified atom stereocenters. The second kappa shape index (κ2) is 5.71. The molecule has 2 rings (SSSR count). The molecule has 3 nitrogen and oxygen atoms in total. The fourth-order valence-corrected chi connectivity index (χ4v) is 2.82. The Morgan fingerprint density at radius 2 is 2.22 bits per heavy atom. The van der Waals surface area contributed by atoms with Crippen LogP contribution in [-0.4, -0.2) is 5.91 Å². The number of carbonyl (C=O) groups excluding carboxylic acids is 1. The number of hydrogen-bond donors (Lipinski definition) is 2. The van der Waals surface area contributed by atoms with Crippen molar-refractivity contribution in [1.29, 1.82) is 0 Å². The van der Waals surface area contributed by atoms with Crippen molar-refractivity contribution in [3.05, 3.63) is 49.2 Å². The Labute approximate surface area is 124 Å². The smallest absolute Gasteiger partial charge is 0.249 e. The van der Waals surface area contributed by atoms with Crippen molar-refractivity contribution in [2.45, 2.75) is 13.5 Å². The van der Waals surface area contributed by atoms with Gasteiger partial charge in [0.05, 0.1) is 5.56 Å². The van der Waals surface area contributed by atoms with Gasteiger partial charge < -0.3 is 11.1 Å². The summed E-state index contributed by atoms with van der Waals surface area (Å²) in [5, 5.41) is 5.12. The third kappa shape index (κ3) is 3.23. The summed E-state index contributed by atoms with van der Waals surface area (Å²) in [5.74, 6) is -0.373. The number of amides is 1. The first-order chi connectivity index (χ1) is 8.56. The third-order valence-electron chi connectivity index (χ3n) is 2.58. The fourth-order valence-electron chi connectivity index (χ4n) is 1.49. The number of hydrogen-bond acceptors (Lipinski definition) is 3. The lowest BCUT2D eigenvalue weighted by Crippen LogP contribution is -2.09. The summed E-state index contributed by atoms with van der Waals surface area (Å²) in [7, 11) is 0. The van der Waals surface area contributed by atoms with Gasteiger partial charge in [0.2, 0.25) is 5.91 Å². The van der Waals surface area contributed by atoms with Crippen LogP contribution in [0.1, 0.15) is 20.8 Å². The Hall–Kier alpha value is -1.08. The summed E-state index contributed by atoms with van der Waals surface area (Å²) in [6.45, 7) is 2.79. The summed E-state index contributed by atoms with van der Waals surface area (Å²) in [4.78, 5) is 12.1. The Kier molecular flexibility index (Phi) is 4.23. The van der Waals surface area contributed by atoms with Gasteiger partial charge in [0, 0.05) is 26.1 Å². The maximum Gasteiger partial charge on any atom is 0.249 e. The van der Waals surface area contributed by atoms with E-state index < -0.39 is 0 Å². The predicted molar refractivity (Wildman–Crippen MR) is 84.1 cm³/mol. The van der Waals surface area contributed by atoms with Crippen LogP contribution < -0.4 is 11.1 Å². The first-order valence-electron chi connectivity index (χ1n) is 5.43. The first kappa shape index (κ1) is 13.4. The molecule has 0 fully saturated rings. The van der Waals surface area contributed by atoms with E-state index in [1.807, 2.05) is 6.07 Å². The number of benzene rings is 1. The fraction of sp³-hybridized carbons (Fsp3) is 0.154. The van der Waals surface area contributed by atoms with E-state index in [0.29, 0.717) is 12.1 Å². The average molecular weight is 372 g/mol. The summed E-state index contributed by atoms with van der Waals surface area (Å²) in [6.07, 6.45) is 0. The highest BCUT2D eigenvalue weighted by molar-refractivity contribution is 14.1. The molecule has 0 bridgehead atoms. The molecule has 1 heterocycles. The number of rotatable bonds is 4. The van der Waals surface area contributed by atoms with Gasteiger partial charge in [-0.1, -0.05) is 6.07 Å². The quantitative estimate of drug-likeness (QED) is 0.809. The topological polar surface area (TPSA) is 55.1 Å². The van der Waals surface area contributed by atoms with Crippen LogP contribution in [-0.2, 0) is 6.54 Å². The van der Waals surface area contributed by atoms with Crippen LogP contribution >= 0.6 is 33.9 Å². The standard InChI is InChI=1S/C13H13IN2OS/c1-8-2-3-10(5-12(8)14)16-6-11-4-9(7-18-11)13(15)17/h2-5,7,16H,6H2,1H3,(H2,15,17). The van der Waals surface area contributed by atoms with Crippen molar-refractivity contribution < 1.29 is 4.79 Å². The van der Waals surface area contributed by atoms with Gasteiger partial charge in [-0.2, -0.15) is 0 Å². The number of nitrogens with one attached hydrogen (secondary N) is 1. The average Bonchev–Trinajstić information content (AvgIpc) is 2.79. The van der Waals surface area contributed by atoms with E-state index in [-0.39, 0.29) is 5.91 Å². The van der Waals surface area contributed by atoms with Gasteiger partial charge in [-0.05, 0) is 53.3 Å². The van der Waals surface area contributed by atoms with Gasteiger partial charge in [-0.3, -0.25) is 4.79 Å². The molecular formula is C13H13IN2OS. The van der Waals surface area contributed by atoms with E-state index in [1.54, 1.807) is 5.38 Å². The van der Waals surface area contributed by atoms with E-state index in [1.165, 1.54) is 20.5 Å². The molecule has 1 aromatic carbocycles. The van der Waals surface area contributed by atoms with Crippen molar-refractivity contribution in [3.8, 4) is 0 Å². The van der Waals surface area contributed by atoms with Crippen molar-refractivity contribution in [3.63, 3.8) is 0 Å². The van der Waals surface area contributed by atoms with Gasteiger partial charge >= 0.3 is 0 Å². The number of aryl methyl sites for hydroxylation is 1. The summed E-state index contributed by atoms with van der Waals surface area (Å²) in [5.41, 5.74) is 8.15. The molecule has 0 atom stereocenters. The Morgan fingerprint density at radius 1 is 1.44 bits per heavy atom. The minimum Gasteiger partial charge on any atom is -0.380 e. The van der Waals surface area contributed by atoms with E-state index >= 15 is 0 Å². The zero-order chi connectivity index (χ0) is 13.1. The number of thiophene rings is 1. The summed E-state index contributed by atoms with van der Waals surface area (Å²) >= 11 is 3.86. The maximum absolute atomic E-state index is 11.0. The van der Waals surface area contributed by atoms with Gasteiger partial charge in [0.1, 0.15) is 0 Å². The van der Waals surface area contributed by atoms with Gasteiger partial charge in [0.25, 0.3) is 0 Å². The van der Waals surface area contributed by atoms with Crippen LogP contribution in [0.25, 0.3) is 0 Å². The maximum atomic E-state index is 11.0. The normalized spacial score (nSPS) is 10.3. The molecule has 94 valence electrons. The molecule has 0 radical (unpaired) electrons. The van der Waals surface area contributed by atoms with Crippen LogP contribution in [0.4, 0.5) is 5.69 Å². The first-order valence-corrected chi connectivity index (χ1v) is 7.39. The molecule has 0 aliphatic carbocycles. The minimum atomic E-state index is -0.373. The molecule has 1 amide bonds. The van der Waals surface area contributed by atoms with Crippen molar-refractivity contribution in [2.75, 3.05) is 5.32 Å². The lowest BCUT2D eigenvalue weighted by atomic mass is 10.2. The zero-order valence-electron chi connectivity index (χ0n) is 9.87. The number of anilines is 1. The van der Waals surface area contributed by atoms with E-state index in [0.717, 1.165) is 10.6 Å². The predicted octanol–water partition coefficient (Wildman–Crippen LogP) is 3.37. The molecule has 0 aliphatic heterocycles. The van der Waals surface area contributed by atoms with Gasteiger partial charge in [0.15, 0.2) is 0 Å². The van der Waals surface area contributed by atoms with E-state index in [9.17, 15) is 4.79 Å². The monoisotopic (exact) mass is 372 g/mol. The number of halogens is 1. The molecule has 2 aromatic rings. The summed E-state index contributed by atoms with van der Waals surface area (Å²) in [6, 6.07) is 8.09. The molecule has 3 N–H and O–H groups in total. The number of nitrogens with two attached hydrogens (primary N) is 1. The highest BCUT2D eigenvalue weighted by Gasteiger charge is 2.04. The Balaban J connectivity index is 2.02. The molecule has 1 aromatic heterocycles. The molecule has 0 spiro atoms. The van der Waals surface area contributed by atoms with Crippen molar-refractivity contribution in [2.24, 2.45) is 5.73 Å². The van der Waals surface area contributed by atoms with Crippen LogP contribution in [0.15, 0.2) is 29.6 Å². The van der Waals surface area contributed by atoms with Crippen LogP contribution in [0, 0.1) is 10.5 Å². The number of carbonyl (C=O) groups is 1. The zero-order valence-corrected chi connectivity index (χ0v) is 12.8. The second-order valence-corrected chi connectivity index (χ2v) is 6.14. The lowest BCUT2D eigenvalue weighted by molar-refractivity contribution is 0.100. The van der Waals surface area contributed by atoms with E-state index in [2.05, 4.69) is 53.0 Å². The van der Waals surface area contributed by atoms with Crippen LogP contribution in [0.2, 0.25) is 0 Å². The van der Waals surface area contributed by atoms with Crippen LogP contribution in [0.5, 0.6) is 0 Å². The number of primary amides is 1. The van der Waals surface area contributed by atoms with Crippen molar-refractivity contribution in [1.82, 2.24) is 0 Å². The highest BCUT2D eigenvalue weighted by Crippen LogP contribution is 2.19. The van der Waals surface area contributed by atoms with E-state index in [4.69, 9.17) is 5.73 Å².